The molecule has 0 radical (unpaired) electrons. The molecule has 0 unspecified atom stereocenters. The third-order valence-electron chi connectivity index (χ3n) is 6.29. The van der Waals surface area contributed by atoms with E-state index in [2.05, 4.69) is 12.1 Å². The first-order valence-electron chi connectivity index (χ1n) is 11.8. The first-order chi connectivity index (χ1) is 17.4. The predicted octanol–water partition coefficient (Wildman–Crippen LogP) is 6.78. The molecule has 4 aromatic carbocycles. The predicted molar refractivity (Wildman–Crippen MR) is 143 cm³/mol. The summed E-state index contributed by atoms with van der Waals surface area (Å²) in [7, 11) is 0. The minimum absolute atomic E-state index is 0.100. The van der Waals surface area contributed by atoms with Gasteiger partial charge in [0.1, 0.15) is 11.5 Å². The highest BCUT2D eigenvalue weighted by Crippen LogP contribution is 2.30. The molecule has 5 aromatic rings. The van der Waals surface area contributed by atoms with Crippen LogP contribution in [0.5, 0.6) is 11.5 Å². The zero-order valence-corrected chi connectivity index (χ0v) is 20.1. The number of phenolic OH excluding ortho intramolecular Hbond substituents is 2. The molecule has 0 aliphatic rings. The number of hydrogen-bond donors (Lipinski definition) is 2. The lowest BCUT2D eigenvalue weighted by Gasteiger charge is -2.24. The average Bonchev–Trinajstić information content (AvgIpc) is 2.88. The van der Waals surface area contributed by atoms with E-state index in [1.807, 2.05) is 80.6 Å². The highest BCUT2D eigenvalue weighted by atomic mass is 16.3. The molecule has 0 saturated heterocycles. The van der Waals surface area contributed by atoms with Crippen molar-refractivity contribution >= 4 is 22.5 Å². The second-order valence-corrected chi connectivity index (χ2v) is 8.97. The fourth-order valence-corrected chi connectivity index (χ4v) is 4.32. The van der Waals surface area contributed by atoms with Crippen molar-refractivity contribution in [1.82, 2.24) is 4.98 Å². The maximum atomic E-state index is 13.6. The van der Waals surface area contributed by atoms with E-state index in [-0.39, 0.29) is 23.0 Å². The van der Waals surface area contributed by atoms with E-state index in [0.29, 0.717) is 12.2 Å². The van der Waals surface area contributed by atoms with Crippen LogP contribution in [0.4, 0.5) is 5.69 Å². The molecule has 1 aromatic heterocycles. The maximum absolute atomic E-state index is 13.6. The quantitative estimate of drug-likeness (QED) is 0.295. The maximum Gasteiger partial charge on any atom is 0.262 e. The molecular weight excluding hydrogens is 448 g/mol. The summed E-state index contributed by atoms with van der Waals surface area (Å²) in [5.74, 6) is -0.723. The summed E-state index contributed by atoms with van der Waals surface area (Å²) in [6.07, 6.45) is 0. The molecular formula is C31H26N2O3. The van der Waals surface area contributed by atoms with Crippen LogP contribution in [0.25, 0.3) is 22.2 Å². The number of pyridine rings is 1. The third kappa shape index (κ3) is 4.64. The van der Waals surface area contributed by atoms with Gasteiger partial charge in [0.05, 0.1) is 23.3 Å². The standard InChI is InChI=1S/C31H26N2O3/c1-20-7-9-22(10-8-20)19-33(31(36)27-16-15-26(34)18-29(27)35)25-13-11-23(12-14-25)30-21(2)17-24-5-3-4-6-28(24)32-30/h3-18,34-35H,19H2,1-2H3. The average molecular weight is 475 g/mol. The van der Waals surface area contributed by atoms with Crippen LogP contribution in [-0.2, 0) is 6.54 Å². The molecule has 5 nitrogen and oxygen atoms in total. The molecule has 5 rings (SSSR count). The van der Waals surface area contributed by atoms with E-state index in [1.165, 1.54) is 18.2 Å². The van der Waals surface area contributed by atoms with Gasteiger partial charge in [0.25, 0.3) is 5.91 Å². The number of benzene rings is 4. The molecule has 0 spiro atoms. The van der Waals surface area contributed by atoms with Crippen LogP contribution in [0, 0.1) is 13.8 Å². The normalized spacial score (nSPS) is 10.9. The topological polar surface area (TPSA) is 73.7 Å². The van der Waals surface area contributed by atoms with Gasteiger partial charge in [0.15, 0.2) is 0 Å². The number of amides is 1. The van der Waals surface area contributed by atoms with E-state index in [9.17, 15) is 15.0 Å². The van der Waals surface area contributed by atoms with Crippen molar-refractivity contribution in [2.45, 2.75) is 20.4 Å². The summed E-state index contributed by atoms with van der Waals surface area (Å²) >= 11 is 0. The van der Waals surface area contributed by atoms with Gasteiger partial charge in [-0.3, -0.25) is 4.79 Å². The van der Waals surface area contributed by atoms with Crippen LogP contribution in [0.1, 0.15) is 27.0 Å². The lowest BCUT2D eigenvalue weighted by molar-refractivity contribution is 0.0982. The van der Waals surface area contributed by atoms with Crippen LogP contribution in [0.15, 0.2) is 97.1 Å². The summed E-state index contributed by atoms with van der Waals surface area (Å²) < 4.78 is 0. The largest absolute Gasteiger partial charge is 0.508 e. The summed E-state index contributed by atoms with van der Waals surface area (Å²) in [6.45, 7) is 4.39. The number of aromatic nitrogens is 1. The highest BCUT2D eigenvalue weighted by Gasteiger charge is 2.22. The number of para-hydroxylation sites is 1. The van der Waals surface area contributed by atoms with Crippen LogP contribution >= 0.6 is 0 Å². The Morgan fingerprint density at radius 2 is 1.56 bits per heavy atom. The molecule has 0 bridgehead atoms. The van der Waals surface area contributed by atoms with Gasteiger partial charge >= 0.3 is 0 Å². The second-order valence-electron chi connectivity index (χ2n) is 8.97. The summed E-state index contributed by atoms with van der Waals surface area (Å²) in [5.41, 5.74) is 6.76. The van der Waals surface area contributed by atoms with Crippen molar-refractivity contribution in [3.8, 4) is 22.8 Å². The van der Waals surface area contributed by atoms with Gasteiger partial charge in [-0.15, -0.1) is 0 Å². The number of carbonyl (C=O) groups is 1. The third-order valence-corrected chi connectivity index (χ3v) is 6.29. The van der Waals surface area contributed by atoms with Crippen LogP contribution < -0.4 is 4.90 Å². The van der Waals surface area contributed by atoms with Crippen molar-refractivity contribution in [1.29, 1.82) is 0 Å². The molecule has 2 N–H and O–H groups in total. The monoisotopic (exact) mass is 474 g/mol. The fraction of sp³-hybridized carbons (Fsp3) is 0.0968. The number of aryl methyl sites for hydroxylation is 2. The molecule has 0 fully saturated rings. The van der Waals surface area contributed by atoms with Gasteiger partial charge < -0.3 is 15.1 Å². The number of anilines is 1. The Hall–Kier alpha value is -4.64. The van der Waals surface area contributed by atoms with Crippen molar-refractivity contribution in [2.75, 3.05) is 4.90 Å². The summed E-state index contributed by atoms with van der Waals surface area (Å²) in [5, 5.41) is 21.1. The minimum Gasteiger partial charge on any atom is -0.508 e. The zero-order chi connectivity index (χ0) is 25.2. The number of nitrogens with zero attached hydrogens (tertiary/aromatic N) is 2. The molecule has 0 aliphatic carbocycles. The van der Waals surface area contributed by atoms with Crippen LogP contribution in [-0.4, -0.2) is 21.1 Å². The van der Waals surface area contributed by atoms with E-state index < -0.39 is 0 Å². The Morgan fingerprint density at radius 3 is 2.28 bits per heavy atom. The lowest BCUT2D eigenvalue weighted by Crippen LogP contribution is -2.30. The Kier molecular flexibility index (Phi) is 6.13. The zero-order valence-electron chi connectivity index (χ0n) is 20.1. The summed E-state index contributed by atoms with van der Waals surface area (Å²) in [6, 6.07) is 29.9. The number of hydrogen-bond acceptors (Lipinski definition) is 4. The van der Waals surface area contributed by atoms with E-state index in [4.69, 9.17) is 4.98 Å². The summed E-state index contributed by atoms with van der Waals surface area (Å²) in [4.78, 5) is 20.1. The molecule has 5 heteroatoms. The molecule has 1 amide bonds. The number of fused-ring (bicyclic) bond motifs is 1. The van der Waals surface area contributed by atoms with Crippen LogP contribution in [0.3, 0.4) is 0 Å². The Morgan fingerprint density at radius 1 is 0.833 bits per heavy atom. The van der Waals surface area contributed by atoms with Gasteiger partial charge in [-0.1, -0.05) is 60.2 Å². The van der Waals surface area contributed by atoms with Crippen molar-refractivity contribution in [3.63, 3.8) is 0 Å². The number of aromatic hydroxyl groups is 2. The smallest absolute Gasteiger partial charge is 0.262 e. The molecule has 1 heterocycles. The van der Waals surface area contributed by atoms with Crippen molar-refractivity contribution < 1.29 is 15.0 Å². The fourth-order valence-electron chi connectivity index (χ4n) is 4.32. The number of phenols is 2. The molecule has 0 saturated carbocycles. The second kappa shape index (κ2) is 9.55. The van der Waals surface area contributed by atoms with Gasteiger partial charge in [-0.05, 0) is 61.4 Å². The molecule has 0 atom stereocenters. The van der Waals surface area contributed by atoms with Gasteiger partial charge in [-0.25, -0.2) is 4.98 Å². The number of rotatable bonds is 5. The van der Waals surface area contributed by atoms with Gasteiger partial charge in [0, 0.05) is 22.7 Å². The van der Waals surface area contributed by atoms with Crippen molar-refractivity contribution in [2.24, 2.45) is 0 Å². The van der Waals surface area contributed by atoms with Crippen molar-refractivity contribution in [3.05, 3.63) is 119 Å². The Bertz CT molecular complexity index is 1560. The number of carbonyl (C=O) groups excluding carboxylic acids is 1. The van der Waals surface area contributed by atoms with E-state index >= 15 is 0 Å². The lowest BCUT2D eigenvalue weighted by atomic mass is 10.0. The molecule has 0 aliphatic heterocycles. The van der Waals surface area contributed by atoms with Gasteiger partial charge in [0.2, 0.25) is 0 Å². The van der Waals surface area contributed by atoms with Crippen LogP contribution in [0.2, 0.25) is 0 Å². The van der Waals surface area contributed by atoms with E-state index in [1.54, 1.807) is 4.90 Å². The Balaban J connectivity index is 1.53. The van der Waals surface area contributed by atoms with Gasteiger partial charge in [-0.2, -0.15) is 0 Å². The molecule has 36 heavy (non-hydrogen) atoms. The van der Waals surface area contributed by atoms with E-state index in [0.717, 1.165) is 38.9 Å². The molecule has 178 valence electrons. The first kappa shape index (κ1) is 23.1. The SMILES string of the molecule is Cc1ccc(CN(C(=O)c2ccc(O)cc2O)c2ccc(-c3nc4ccccc4cc3C)cc2)cc1. The minimum atomic E-state index is -0.360. The first-order valence-corrected chi connectivity index (χ1v) is 11.8. The highest BCUT2D eigenvalue weighted by molar-refractivity contribution is 6.08. The Labute approximate surface area is 209 Å².